The Hall–Kier alpha value is -3.04. The van der Waals surface area contributed by atoms with E-state index in [1.807, 2.05) is 23.3 Å². The van der Waals surface area contributed by atoms with Crippen LogP contribution < -0.4 is 5.32 Å². The van der Waals surface area contributed by atoms with E-state index in [2.05, 4.69) is 30.4 Å². The highest BCUT2D eigenvalue weighted by atomic mass is 35.5. The first-order valence-corrected chi connectivity index (χ1v) is 15.2. The third-order valence-corrected chi connectivity index (χ3v) is 7.75. The number of allylic oxidation sites excluding steroid dienone is 3. The smallest absolute Gasteiger partial charge is 0.243 e. The van der Waals surface area contributed by atoms with Gasteiger partial charge in [0.25, 0.3) is 0 Å². The standard InChI is InChI=1S/C20H24F2N4OS.C6H4ClF.C6H12/c1-4-9-28-13(3)20-24-11-15(16(23)7-6-8-18(21)22)17-10-14(12-26(17)20)25-19(27)5-2;7-5-2-1-3-6(8)4-5;1-6-4-2-3-5-6/h4-7,9,14,18,23H,2-3,8,10-12H2,1H3,(H,25,27);1-4H;6H,2-5H2,1H3/b7-6-,9-4-,23-16?;;. The van der Waals surface area contributed by atoms with Crippen molar-refractivity contribution in [2.45, 2.75) is 64.8 Å². The monoisotopic (exact) mass is 620 g/mol. The topological polar surface area (TPSA) is 68.5 Å². The third kappa shape index (κ3) is 12.1. The quantitative estimate of drug-likeness (QED) is 0.214. The first-order valence-electron chi connectivity index (χ1n) is 13.9. The lowest BCUT2D eigenvalue weighted by Gasteiger charge is -2.29. The SMILES string of the molecule is C=CC(=O)NC1CC2=C(C(=N)/C=C\CC(F)F)CN=C(C(=C)S/C=C\C)N2C1.CC1CCCC1.Fc1cccc(Cl)c1. The molecule has 2 aliphatic heterocycles. The van der Waals surface area contributed by atoms with Gasteiger partial charge in [-0.25, -0.2) is 13.2 Å². The Bertz CT molecular complexity index is 1200. The van der Waals surface area contributed by atoms with Gasteiger partial charge in [0.2, 0.25) is 12.3 Å². The van der Waals surface area contributed by atoms with Gasteiger partial charge in [-0.15, -0.1) is 0 Å². The molecule has 1 unspecified atom stereocenters. The predicted molar refractivity (Wildman–Crippen MR) is 171 cm³/mol. The molecule has 4 rings (SSSR count). The molecule has 228 valence electrons. The number of nitrogens with one attached hydrogen (secondary N) is 2. The van der Waals surface area contributed by atoms with E-state index in [1.54, 1.807) is 12.1 Å². The van der Waals surface area contributed by atoms with Gasteiger partial charge in [-0.2, -0.15) is 0 Å². The number of amidine groups is 1. The number of rotatable bonds is 9. The molecular weight excluding hydrogens is 581 g/mol. The zero-order valence-corrected chi connectivity index (χ0v) is 25.8. The van der Waals surface area contributed by atoms with Crippen LogP contribution in [0.4, 0.5) is 13.2 Å². The lowest BCUT2D eigenvalue weighted by atomic mass is 10.0. The molecule has 1 saturated heterocycles. The van der Waals surface area contributed by atoms with Crippen LogP contribution in [-0.2, 0) is 4.79 Å². The Kier molecular flexibility index (Phi) is 15.5. The van der Waals surface area contributed by atoms with Crippen LogP contribution in [0.2, 0.25) is 5.02 Å². The van der Waals surface area contributed by atoms with Gasteiger partial charge in [0, 0.05) is 40.6 Å². The Morgan fingerprint density at radius 3 is 2.57 bits per heavy atom. The average molecular weight is 621 g/mol. The minimum atomic E-state index is -2.44. The minimum Gasteiger partial charge on any atom is -0.348 e. The van der Waals surface area contributed by atoms with Crippen LogP contribution in [0.15, 0.2) is 88.3 Å². The van der Waals surface area contributed by atoms with Crippen molar-refractivity contribution in [1.29, 1.82) is 5.41 Å². The van der Waals surface area contributed by atoms with Gasteiger partial charge < -0.3 is 15.6 Å². The number of carbonyl (C=O) groups is 1. The molecule has 0 spiro atoms. The average Bonchev–Trinajstić information content (AvgIpc) is 3.60. The van der Waals surface area contributed by atoms with Crippen LogP contribution in [0.3, 0.4) is 0 Å². The summed E-state index contributed by atoms with van der Waals surface area (Å²) in [6.45, 7) is 12.6. The van der Waals surface area contributed by atoms with Crippen molar-refractivity contribution in [3.63, 3.8) is 0 Å². The van der Waals surface area contributed by atoms with E-state index in [1.165, 1.54) is 67.8 Å². The molecule has 2 fully saturated rings. The van der Waals surface area contributed by atoms with Crippen LogP contribution in [0.25, 0.3) is 0 Å². The van der Waals surface area contributed by atoms with Gasteiger partial charge in [0.1, 0.15) is 11.7 Å². The van der Waals surface area contributed by atoms with Gasteiger partial charge in [-0.05, 0) is 48.6 Å². The second kappa shape index (κ2) is 18.5. The van der Waals surface area contributed by atoms with E-state index in [0.717, 1.165) is 16.5 Å². The number of benzene rings is 1. The number of aliphatic imine (C=N–C) groups is 1. The van der Waals surface area contributed by atoms with E-state index >= 15 is 0 Å². The largest absolute Gasteiger partial charge is 0.348 e. The minimum absolute atomic E-state index is 0.156. The zero-order chi connectivity index (χ0) is 31.1. The molecular formula is C32H40ClF3N4OS. The van der Waals surface area contributed by atoms with Crippen molar-refractivity contribution in [3.8, 4) is 0 Å². The Morgan fingerprint density at radius 1 is 1.33 bits per heavy atom. The molecule has 1 atom stereocenters. The summed E-state index contributed by atoms with van der Waals surface area (Å²) < 4.78 is 36.8. The number of fused-ring (bicyclic) bond motifs is 1. The van der Waals surface area contributed by atoms with Gasteiger partial charge in [0.15, 0.2) is 0 Å². The molecule has 10 heteroatoms. The van der Waals surface area contributed by atoms with Crippen LogP contribution in [0.5, 0.6) is 0 Å². The zero-order valence-electron chi connectivity index (χ0n) is 24.2. The summed E-state index contributed by atoms with van der Waals surface area (Å²) in [7, 11) is 0. The van der Waals surface area contributed by atoms with Gasteiger partial charge in [-0.3, -0.25) is 9.79 Å². The van der Waals surface area contributed by atoms with Gasteiger partial charge >= 0.3 is 0 Å². The van der Waals surface area contributed by atoms with E-state index in [0.29, 0.717) is 29.4 Å². The molecule has 0 aromatic heterocycles. The molecule has 1 aromatic carbocycles. The van der Waals surface area contributed by atoms with E-state index in [4.69, 9.17) is 17.0 Å². The van der Waals surface area contributed by atoms with Crippen molar-refractivity contribution in [2.75, 3.05) is 13.1 Å². The summed E-state index contributed by atoms with van der Waals surface area (Å²) in [4.78, 5) is 19.0. The highest BCUT2D eigenvalue weighted by molar-refractivity contribution is 8.06. The second-order valence-corrected chi connectivity index (χ2v) is 11.5. The lowest BCUT2D eigenvalue weighted by Crippen LogP contribution is -2.38. The normalized spacial score (nSPS) is 18.3. The number of hydrogen-bond acceptors (Lipinski definition) is 5. The molecule has 1 amide bonds. The molecule has 1 aliphatic carbocycles. The lowest BCUT2D eigenvalue weighted by molar-refractivity contribution is -0.117. The van der Waals surface area contributed by atoms with E-state index in [-0.39, 0.29) is 30.0 Å². The number of thioether (sulfide) groups is 1. The number of nitrogens with zero attached hydrogens (tertiary/aromatic N) is 2. The van der Waals surface area contributed by atoms with Crippen molar-refractivity contribution in [1.82, 2.24) is 10.2 Å². The van der Waals surface area contributed by atoms with Crippen LogP contribution in [0.1, 0.15) is 52.4 Å². The van der Waals surface area contributed by atoms with Crippen LogP contribution in [-0.4, -0.2) is 47.9 Å². The molecule has 0 bridgehead atoms. The van der Waals surface area contributed by atoms with Gasteiger partial charge in [0.05, 0.1) is 18.3 Å². The first-order chi connectivity index (χ1) is 20.0. The van der Waals surface area contributed by atoms with Crippen LogP contribution >= 0.6 is 23.4 Å². The Morgan fingerprint density at radius 2 is 2.05 bits per heavy atom. The van der Waals surface area contributed by atoms with Crippen molar-refractivity contribution < 1.29 is 18.0 Å². The highest BCUT2D eigenvalue weighted by Gasteiger charge is 2.36. The van der Waals surface area contributed by atoms with E-state index < -0.39 is 12.8 Å². The molecule has 1 saturated carbocycles. The fourth-order valence-corrected chi connectivity index (χ4v) is 5.35. The molecule has 3 aliphatic rings. The number of carbonyl (C=O) groups excluding carboxylic acids is 1. The summed E-state index contributed by atoms with van der Waals surface area (Å²) in [6, 6.07) is 5.66. The Labute approximate surface area is 256 Å². The highest BCUT2D eigenvalue weighted by Crippen LogP contribution is 2.33. The molecule has 2 N–H and O–H groups in total. The molecule has 42 heavy (non-hydrogen) atoms. The summed E-state index contributed by atoms with van der Waals surface area (Å²) in [5.41, 5.74) is 1.70. The van der Waals surface area contributed by atoms with Gasteiger partial charge in [-0.1, -0.05) is 87.3 Å². The van der Waals surface area contributed by atoms with Crippen LogP contribution in [0, 0.1) is 17.1 Å². The fourth-order valence-electron chi connectivity index (χ4n) is 4.59. The Balaban J connectivity index is 0.000000355. The van der Waals surface area contributed by atoms with Crippen molar-refractivity contribution in [2.24, 2.45) is 10.9 Å². The number of hydrogen-bond donors (Lipinski definition) is 2. The first kappa shape index (κ1) is 35.2. The second-order valence-electron chi connectivity index (χ2n) is 10.1. The number of amides is 1. The maximum Gasteiger partial charge on any atom is 0.243 e. The molecule has 5 nitrogen and oxygen atoms in total. The maximum absolute atomic E-state index is 12.4. The summed E-state index contributed by atoms with van der Waals surface area (Å²) in [6.07, 6.45) is 9.47. The number of alkyl halides is 2. The predicted octanol–water partition coefficient (Wildman–Crippen LogP) is 8.72. The van der Waals surface area contributed by atoms with Crippen molar-refractivity contribution in [3.05, 3.63) is 94.2 Å². The molecule has 2 heterocycles. The summed E-state index contributed by atoms with van der Waals surface area (Å²) >= 11 is 6.86. The molecule has 0 radical (unpaired) electrons. The third-order valence-electron chi connectivity index (χ3n) is 6.64. The molecule has 1 aromatic rings. The van der Waals surface area contributed by atoms with Crippen molar-refractivity contribution >= 4 is 40.8 Å². The van der Waals surface area contributed by atoms with E-state index in [9.17, 15) is 18.0 Å². The maximum atomic E-state index is 12.4. The summed E-state index contributed by atoms with van der Waals surface area (Å²) in [5.74, 6) is 1.20. The fraction of sp³-hybridized carbons (Fsp3) is 0.406. The number of halogens is 4. The summed E-state index contributed by atoms with van der Waals surface area (Å²) in [5, 5.41) is 13.5.